The summed E-state index contributed by atoms with van der Waals surface area (Å²) in [5, 5.41) is 3.66. The molecule has 2 saturated carbocycles. The van der Waals surface area contributed by atoms with Crippen LogP contribution in [0.25, 0.3) is 0 Å². The molecule has 0 aromatic heterocycles. The van der Waals surface area contributed by atoms with Crippen molar-refractivity contribution in [2.45, 2.75) is 81.8 Å². The van der Waals surface area contributed by atoms with Crippen molar-refractivity contribution in [3.63, 3.8) is 0 Å². The van der Waals surface area contributed by atoms with Crippen molar-refractivity contribution in [2.24, 2.45) is 5.92 Å². The molecule has 124 valence electrons. The molecule has 2 aliphatic carbocycles. The molecule has 0 aromatic rings. The Morgan fingerprint density at radius 3 is 2.29 bits per heavy atom. The van der Waals surface area contributed by atoms with E-state index in [1.807, 2.05) is 6.92 Å². The standard InChI is InChI=1S/C15H26F3NOS/c1-2-21(20)14-8-4-7-13(10-14)19-12-6-3-5-11(9-12)15(16,17)18/h11-14,19H,2-10H2,1H3/t11-,12-,13-,14+,21-/m0/s1. The SMILES string of the molecule is CC[S@](=O)[C@@H]1CCC[C@H](N[C@H]2CCC[C@H](C(F)(F)F)C2)C1. The Kier molecular flexibility index (Phi) is 6.12. The van der Waals surface area contributed by atoms with Gasteiger partial charge in [-0.05, 0) is 38.5 Å². The fourth-order valence-electron chi connectivity index (χ4n) is 3.74. The maximum Gasteiger partial charge on any atom is 0.391 e. The zero-order chi connectivity index (χ0) is 15.5. The number of nitrogens with one attached hydrogen (secondary N) is 1. The van der Waals surface area contributed by atoms with Crippen molar-refractivity contribution in [3.05, 3.63) is 0 Å². The lowest BCUT2D eigenvalue weighted by atomic mass is 9.84. The summed E-state index contributed by atoms with van der Waals surface area (Å²) >= 11 is 0. The molecule has 2 nitrogen and oxygen atoms in total. The molecule has 6 heteroatoms. The van der Waals surface area contributed by atoms with E-state index in [-0.39, 0.29) is 30.2 Å². The number of rotatable bonds is 4. The summed E-state index contributed by atoms with van der Waals surface area (Å²) in [5.41, 5.74) is 0. The van der Waals surface area contributed by atoms with Crippen LogP contribution in [0, 0.1) is 5.92 Å². The van der Waals surface area contributed by atoms with Crippen LogP contribution in [-0.4, -0.2) is 33.5 Å². The second-order valence-corrected chi connectivity index (χ2v) is 8.43. The van der Waals surface area contributed by atoms with Gasteiger partial charge in [0, 0.05) is 33.9 Å². The third-order valence-corrected chi connectivity index (χ3v) is 6.63. The zero-order valence-electron chi connectivity index (χ0n) is 12.6. The highest BCUT2D eigenvalue weighted by atomic mass is 32.2. The molecular weight excluding hydrogens is 299 g/mol. The van der Waals surface area contributed by atoms with Crippen LogP contribution in [0.4, 0.5) is 13.2 Å². The average molecular weight is 325 g/mol. The van der Waals surface area contributed by atoms with Crippen LogP contribution in [-0.2, 0) is 10.8 Å². The Bertz CT molecular complexity index is 361. The second kappa shape index (κ2) is 7.44. The van der Waals surface area contributed by atoms with Gasteiger partial charge < -0.3 is 5.32 Å². The first-order chi connectivity index (χ1) is 9.90. The van der Waals surface area contributed by atoms with Crippen molar-refractivity contribution in [2.75, 3.05) is 5.75 Å². The van der Waals surface area contributed by atoms with Gasteiger partial charge >= 0.3 is 6.18 Å². The van der Waals surface area contributed by atoms with Gasteiger partial charge in [0.1, 0.15) is 0 Å². The van der Waals surface area contributed by atoms with E-state index in [2.05, 4.69) is 5.32 Å². The molecule has 0 aliphatic heterocycles. The molecule has 0 bridgehead atoms. The molecule has 0 heterocycles. The molecule has 1 N–H and O–H groups in total. The smallest absolute Gasteiger partial charge is 0.311 e. The van der Waals surface area contributed by atoms with Crippen LogP contribution >= 0.6 is 0 Å². The Morgan fingerprint density at radius 1 is 1.05 bits per heavy atom. The maximum absolute atomic E-state index is 12.8. The Morgan fingerprint density at radius 2 is 1.67 bits per heavy atom. The first-order valence-corrected chi connectivity index (χ1v) is 9.48. The molecule has 2 fully saturated rings. The molecule has 0 saturated heterocycles. The van der Waals surface area contributed by atoms with Gasteiger partial charge in [-0.1, -0.05) is 19.8 Å². The van der Waals surface area contributed by atoms with E-state index < -0.39 is 22.9 Å². The molecule has 0 aromatic carbocycles. The molecule has 21 heavy (non-hydrogen) atoms. The van der Waals surface area contributed by atoms with Gasteiger partial charge in [-0.15, -0.1) is 0 Å². The topological polar surface area (TPSA) is 29.1 Å². The fraction of sp³-hybridized carbons (Fsp3) is 1.00. The first-order valence-electron chi connectivity index (χ1n) is 8.10. The highest BCUT2D eigenvalue weighted by molar-refractivity contribution is 7.85. The third-order valence-electron chi connectivity index (χ3n) is 4.89. The van der Waals surface area contributed by atoms with Gasteiger partial charge in [0.2, 0.25) is 0 Å². The van der Waals surface area contributed by atoms with E-state index in [1.165, 1.54) is 0 Å². The van der Waals surface area contributed by atoms with Crippen LogP contribution in [0.3, 0.4) is 0 Å². The van der Waals surface area contributed by atoms with E-state index in [4.69, 9.17) is 0 Å². The van der Waals surface area contributed by atoms with E-state index in [1.54, 1.807) is 0 Å². The number of hydrogen-bond acceptors (Lipinski definition) is 2. The molecule has 0 radical (unpaired) electrons. The van der Waals surface area contributed by atoms with E-state index in [9.17, 15) is 17.4 Å². The highest BCUT2D eigenvalue weighted by Crippen LogP contribution is 2.38. The summed E-state index contributed by atoms with van der Waals surface area (Å²) in [7, 11) is -0.782. The second-order valence-electron chi connectivity index (χ2n) is 6.42. The summed E-state index contributed by atoms with van der Waals surface area (Å²) in [6.07, 6.45) is 1.80. The molecule has 0 unspecified atom stereocenters. The minimum absolute atomic E-state index is 0.0239. The predicted molar refractivity (Wildman–Crippen MR) is 79.7 cm³/mol. The van der Waals surface area contributed by atoms with Crippen molar-refractivity contribution in [1.82, 2.24) is 5.32 Å². The fourth-order valence-corrected chi connectivity index (χ4v) is 5.09. The van der Waals surface area contributed by atoms with Crippen LogP contribution in [0.15, 0.2) is 0 Å². The molecule has 0 spiro atoms. The first kappa shape index (κ1) is 17.3. The molecule has 2 rings (SSSR count). The maximum atomic E-state index is 12.8. The van der Waals surface area contributed by atoms with Crippen LogP contribution < -0.4 is 5.32 Å². The number of halogens is 3. The Labute approximate surface area is 127 Å². The quantitative estimate of drug-likeness (QED) is 0.852. The highest BCUT2D eigenvalue weighted by Gasteiger charge is 2.42. The van der Waals surface area contributed by atoms with Crippen molar-refractivity contribution < 1.29 is 17.4 Å². The minimum atomic E-state index is -4.06. The van der Waals surface area contributed by atoms with E-state index >= 15 is 0 Å². The zero-order valence-corrected chi connectivity index (χ0v) is 13.4. The minimum Gasteiger partial charge on any atom is -0.311 e. The number of hydrogen-bond donors (Lipinski definition) is 1. The number of alkyl halides is 3. The monoisotopic (exact) mass is 325 g/mol. The molecule has 0 amide bonds. The van der Waals surface area contributed by atoms with Crippen molar-refractivity contribution in [3.8, 4) is 0 Å². The van der Waals surface area contributed by atoms with Gasteiger partial charge in [0.15, 0.2) is 0 Å². The van der Waals surface area contributed by atoms with Gasteiger partial charge in [-0.3, -0.25) is 4.21 Å². The van der Waals surface area contributed by atoms with Gasteiger partial charge in [-0.2, -0.15) is 13.2 Å². The molecule has 2 aliphatic rings. The molecule has 5 atom stereocenters. The molecular formula is C15H26F3NOS. The van der Waals surface area contributed by atoms with E-state index in [0.717, 1.165) is 32.1 Å². The lowest BCUT2D eigenvalue weighted by Crippen LogP contribution is -2.46. The summed E-state index contributed by atoms with van der Waals surface area (Å²) in [4.78, 5) is 0. The van der Waals surface area contributed by atoms with Gasteiger partial charge in [0.25, 0.3) is 0 Å². The Balaban J connectivity index is 1.85. The van der Waals surface area contributed by atoms with Crippen LogP contribution in [0.2, 0.25) is 0 Å². The van der Waals surface area contributed by atoms with Gasteiger partial charge in [0.05, 0.1) is 5.92 Å². The normalized spacial score (nSPS) is 36.4. The largest absolute Gasteiger partial charge is 0.391 e. The lowest BCUT2D eigenvalue weighted by Gasteiger charge is -2.36. The summed E-state index contributed by atoms with van der Waals surface area (Å²) < 4.78 is 50.4. The summed E-state index contributed by atoms with van der Waals surface area (Å²) in [5.74, 6) is -0.468. The van der Waals surface area contributed by atoms with Gasteiger partial charge in [-0.25, -0.2) is 0 Å². The average Bonchev–Trinajstić information content (AvgIpc) is 2.46. The third kappa shape index (κ3) is 4.95. The van der Waals surface area contributed by atoms with Crippen molar-refractivity contribution >= 4 is 10.8 Å². The van der Waals surface area contributed by atoms with Crippen LogP contribution in [0.5, 0.6) is 0 Å². The Hall–Kier alpha value is -0.100. The van der Waals surface area contributed by atoms with Crippen molar-refractivity contribution in [1.29, 1.82) is 0 Å². The summed E-state index contributed by atoms with van der Waals surface area (Å²) in [6.45, 7) is 1.93. The summed E-state index contributed by atoms with van der Waals surface area (Å²) in [6, 6.07) is 0.223. The predicted octanol–water partition coefficient (Wildman–Crippen LogP) is 3.78. The lowest BCUT2D eigenvalue weighted by molar-refractivity contribution is -0.183. The van der Waals surface area contributed by atoms with E-state index in [0.29, 0.717) is 12.2 Å². The van der Waals surface area contributed by atoms with Crippen LogP contribution in [0.1, 0.15) is 58.3 Å².